The predicted octanol–water partition coefficient (Wildman–Crippen LogP) is 1.62. The molecule has 1 unspecified atom stereocenters. The number of hydrogen-bond donors (Lipinski definition) is 0. The Balaban J connectivity index is 4.65. The van der Waals surface area contributed by atoms with Gasteiger partial charge in [-0.2, -0.15) is 0 Å². The monoisotopic (exact) mass is 286 g/mol. The molecule has 0 aromatic heterocycles. The van der Waals surface area contributed by atoms with Crippen LogP contribution in [0.4, 0.5) is 0 Å². The summed E-state index contributed by atoms with van der Waals surface area (Å²) in [5.74, 6) is -0.529. The van der Waals surface area contributed by atoms with Gasteiger partial charge in [0.25, 0.3) is 0 Å². The van der Waals surface area contributed by atoms with Crippen LogP contribution < -0.4 is 0 Å². The van der Waals surface area contributed by atoms with Crippen molar-refractivity contribution in [2.45, 2.75) is 34.6 Å². The molecule has 0 fully saturated rings. The molecule has 0 aliphatic heterocycles. The Hall–Kier alpha value is -1.10. The molecule has 0 aromatic carbocycles. The van der Waals surface area contributed by atoms with Crippen molar-refractivity contribution >= 4 is 11.9 Å². The molecular weight excluding hydrogens is 256 g/mol. The van der Waals surface area contributed by atoms with Crippen LogP contribution in [0.1, 0.15) is 34.6 Å². The maximum atomic E-state index is 12.2. The topological polar surface area (TPSA) is 49.9 Å². The number of esters is 1. The minimum atomic E-state index is -0.292. The summed E-state index contributed by atoms with van der Waals surface area (Å²) in [5, 5.41) is 0. The van der Waals surface area contributed by atoms with Gasteiger partial charge in [-0.1, -0.05) is 34.6 Å². The Kier molecular flexibility index (Phi) is 9.21. The first-order valence-electron chi connectivity index (χ1n) is 7.46. The summed E-state index contributed by atoms with van der Waals surface area (Å²) in [6.45, 7) is 13.6. The molecule has 0 rings (SSSR count). The van der Waals surface area contributed by atoms with Crippen molar-refractivity contribution in [3.63, 3.8) is 0 Å². The molecule has 1 atom stereocenters. The van der Waals surface area contributed by atoms with Crippen LogP contribution in [0.2, 0.25) is 0 Å². The van der Waals surface area contributed by atoms with Crippen LogP contribution in [0.15, 0.2) is 0 Å². The summed E-state index contributed by atoms with van der Waals surface area (Å²) in [5.41, 5.74) is 0. The van der Waals surface area contributed by atoms with Crippen LogP contribution in [0, 0.1) is 11.8 Å². The standard InChI is InChI=1S/C15H30N2O3/c1-7-16(8-2)9-10-17(14(18)12(3)4)11-13(5)15(19)20-6/h12-13H,7-11H2,1-6H3. The number of methoxy groups -OCH3 is 1. The lowest BCUT2D eigenvalue weighted by Crippen LogP contribution is -2.43. The Morgan fingerprint density at radius 3 is 2.00 bits per heavy atom. The number of rotatable bonds is 9. The molecule has 0 N–H and O–H groups in total. The van der Waals surface area contributed by atoms with Crippen molar-refractivity contribution in [2.24, 2.45) is 11.8 Å². The molecule has 0 aromatic rings. The molecule has 1 amide bonds. The highest BCUT2D eigenvalue weighted by atomic mass is 16.5. The largest absolute Gasteiger partial charge is 0.469 e. The summed E-state index contributed by atoms with van der Waals surface area (Å²) in [4.78, 5) is 27.8. The summed E-state index contributed by atoms with van der Waals surface area (Å²) in [6.07, 6.45) is 0. The number of hydrogen-bond acceptors (Lipinski definition) is 4. The number of ether oxygens (including phenoxy) is 1. The van der Waals surface area contributed by atoms with Crippen molar-refractivity contribution in [3.8, 4) is 0 Å². The van der Waals surface area contributed by atoms with Gasteiger partial charge in [0.2, 0.25) is 5.91 Å². The minimum Gasteiger partial charge on any atom is -0.469 e. The number of carbonyl (C=O) groups is 2. The molecule has 0 heterocycles. The third kappa shape index (κ3) is 6.37. The van der Waals surface area contributed by atoms with Gasteiger partial charge in [0, 0.05) is 25.6 Å². The summed E-state index contributed by atoms with van der Waals surface area (Å²) < 4.78 is 4.73. The van der Waals surface area contributed by atoms with Crippen LogP contribution in [0.25, 0.3) is 0 Å². The first-order valence-corrected chi connectivity index (χ1v) is 7.46. The molecular formula is C15H30N2O3. The predicted molar refractivity (Wildman–Crippen MR) is 80.4 cm³/mol. The van der Waals surface area contributed by atoms with E-state index in [9.17, 15) is 9.59 Å². The highest BCUT2D eigenvalue weighted by molar-refractivity contribution is 5.79. The van der Waals surface area contributed by atoms with Gasteiger partial charge in [-0.25, -0.2) is 0 Å². The van der Waals surface area contributed by atoms with Gasteiger partial charge in [-0.15, -0.1) is 0 Å². The van der Waals surface area contributed by atoms with E-state index in [0.29, 0.717) is 13.1 Å². The molecule has 20 heavy (non-hydrogen) atoms. The van der Waals surface area contributed by atoms with E-state index in [-0.39, 0.29) is 23.7 Å². The molecule has 0 aliphatic carbocycles. The Labute approximate surface area is 123 Å². The second kappa shape index (κ2) is 9.75. The third-order valence-electron chi connectivity index (χ3n) is 3.48. The smallest absolute Gasteiger partial charge is 0.310 e. The van der Waals surface area contributed by atoms with Crippen LogP contribution in [0.5, 0.6) is 0 Å². The van der Waals surface area contributed by atoms with Crippen molar-refractivity contribution in [2.75, 3.05) is 39.8 Å². The van der Waals surface area contributed by atoms with Gasteiger partial charge in [0.05, 0.1) is 13.0 Å². The molecule has 0 bridgehead atoms. The normalized spacial score (nSPS) is 12.6. The fourth-order valence-electron chi connectivity index (χ4n) is 2.06. The zero-order chi connectivity index (χ0) is 15.7. The average molecular weight is 286 g/mol. The van der Waals surface area contributed by atoms with Gasteiger partial charge in [0.15, 0.2) is 0 Å². The van der Waals surface area contributed by atoms with Crippen LogP contribution in [-0.4, -0.2) is 61.5 Å². The Bertz CT molecular complexity index is 301. The SMILES string of the molecule is CCN(CC)CCN(CC(C)C(=O)OC)C(=O)C(C)C. The summed E-state index contributed by atoms with van der Waals surface area (Å²) in [7, 11) is 1.38. The second-order valence-corrected chi connectivity index (χ2v) is 5.39. The van der Waals surface area contributed by atoms with E-state index in [1.165, 1.54) is 7.11 Å². The van der Waals surface area contributed by atoms with Crippen LogP contribution in [-0.2, 0) is 14.3 Å². The number of carbonyl (C=O) groups excluding carboxylic acids is 2. The molecule has 0 spiro atoms. The van der Waals surface area contributed by atoms with Gasteiger partial charge in [-0.05, 0) is 13.1 Å². The Morgan fingerprint density at radius 2 is 1.60 bits per heavy atom. The molecule has 0 saturated heterocycles. The number of nitrogens with zero attached hydrogens (tertiary/aromatic N) is 2. The molecule has 118 valence electrons. The molecule has 0 saturated carbocycles. The minimum absolute atomic E-state index is 0.0588. The zero-order valence-corrected chi connectivity index (χ0v) is 13.8. The fraction of sp³-hybridized carbons (Fsp3) is 0.867. The van der Waals surface area contributed by atoms with E-state index in [1.807, 2.05) is 13.8 Å². The van der Waals surface area contributed by atoms with E-state index in [0.717, 1.165) is 19.6 Å². The van der Waals surface area contributed by atoms with E-state index in [2.05, 4.69) is 18.7 Å². The number of amides is 1. The quantitative estimate of drug-likeness (QED) is 0.604. The van der Waals surface area contributed by atoms with Crippen LogP contribution >= 0.6 is 0 Å². The van der Waals surface area contributed by atoms with Crippen molar-refractivity contribution in [3.05, 3.63) is 0 Å². The molecule has 5 heteroatoms. The first kappa shape index (κ1) is 18.9. The van der Waals surface area contributed by atoms with Crippen LogP contribution in [0.3, 0.4) is 0 Å². The van der Waals surface area contributed by atoms with Gasteiger partial charge < -0.3 is 14.5 Å². The second-order valence-electron chi connectivity index (χ2n) is 5.39. The van der Waals surface area contributed by atoms with Gasteiger partial charge in [0.1, 0.15) is 0 Å². The lowest BCUT2D eigenvalue weighted by molar-refractivity contribution is -0.147. The lowest BCUT2D eigenvalue weighted by atomic mass is 10.1. The van der Waals surface area contributed by atoms with Gasteiger partial charge >= 0.3 is 5.97 Å². The molecule has 0 aliphatic rings. The maximum Gasteiger partial charge on any atom is 0.310 e. The summed E-state index contributed by atoms with van der Waals surface area (Å²) in [6, 6.07) is 0. The van der Waals surface area contributed by atoms with Crippen molar-refractivity contribution in [1.82, 2.24) is 9.80 Å². The van der Waals surface area contributed by atoms with Crippen molar-refractivity contribution in [1.29, 1.82) is 0 Å². The lowest BCUT2D eigenvalue weighted by Gasteiger charge is -2.29. The average Bonchev–Trinajstić information content (AvgIpc) is 2.44. The Morgan fingerprint density at radius 1 is 1.05 bits per heavy atom. The zero-order valence-electron chi connectivity index (χ0n) is 13.8. The maximum absolute atomic E-state index is 12.2. The van der Waals surface area contributed by atoms with Crippen molar-refractivity contribution < 1.29 is 14.3 Å². The fourth-order valence-corrected chi connectivity index (χ4v) is 2.06. The van der Waals surface area contributed by atoms with E-state index >= 15 is 0 Å². The molecule has 5 nitrogen and oxygen atoms in total. The molecule has 0 radical (unpaired) electrons. The highest BCUT2D eigenvalue weighted by Gasteiger charge is 2.23. The third-order valence-corrected chi connectivity index (χ3v) is 3.48. The number of likely N-dealkylation sites (N-methyl/N-ethyl adjacent to an activating group) is 1. The van der Waals surface area contributed by atoms with E-state index in [1.54, 1.807) is 11.8 Å². The first-order chi connectivity index (χ1) is 9.37. The van der Waals surface area contributed by atoms with E-state index in [4.69, 9.17) is 4.74 Å². The van der Waals surface area contributed by atoms with E-state index < -0.39 is 0 Å². The van der Waals surface area contributed by atoms with Gasteiger partial charge in [-0.3, -0.25) is 9.59 Å². The highest BCUT2D eigenvalue weighted by Crippen LogP contribution is 2.08. The summed E-state index contributed by atoms with van der Waals surface area (Å²) >= 11 is 0.